The lowest BCUT2D eigenvalue weighted by molar-refractivity contribution is -0.301. The van der Waals surface area contributed by atoms with Gasteiger partial charge < -0.3 is 0 Å². The first-order chi connectivity index (χ1) is 7.31. The molecule has 0 fully saturated rings. The summed E-state index contributed by atoms with van der Waals surface area (Å²) >= 11 is 0. The minimum absolute atomic E-state index is 0.439. The molecule has 0 aliphatic heterocycles. The van der Waals surface area contributed by atoms with E-state index in [0.29, 0.717) is 5.56 Å². The summed E-state index contributed by atoms with van der Waals surface area (Å²) in [5.74, 6) is -0.439. The van der Waals surface area contributed by atoms with Gasteiger partial charge in [0, 0.05) is 0 Å². The summed E-state index contributed by atoms with van der Waals surface area (Å²) in [4.78, 5) is 21.6. The van der Waals surface area contributed by atoms with Crippen LogP contribution < -0.4 is 0 Å². The lowest BCUT2D eigenvalue weighted by Crippen LogP contribution is -2.22. The van der Waals surface area contributed by atoms with Crippen molar-refractivity contribution >= 4 is 5.97 Å². The van der Waals surface area contributed by atoms with E-state index in [4.69, 9.17) is 9.78 Å². The molecule has 0 N–H and O–H groups in total. The molecular weight excluding hydrogens is 204 g/mol. The quantitative estimate of drug-likeness (QED) is 0.569. The molecule has 0 heterocycles. The summed E-state index contributed by atoms with van der Waals surface area (Å²) < 4.78 is 0. The van der Waals surface area contributed by atoms with Crippen molar-refractivity contribution in [2.75, 3.05) is 0 Å². The van der Waals surface area contributed by atoms with E-state index in [1.807, 2.05) is 52.8 Å². The van der Waals surface area contributed by atoms with Gasteiger partial charge in [0.25, 0.3) is 0 Å². The molecule has 16 heavy (non-hydrogen) atoms. The average molecular weight is 222 g/mol. The number of hydrogen-bond acceptors (Lipinski definition) is 3. The molecule has 88 valence electrons. The van der Waals surface area contributed by atoms with E-state index in [1.165, 1.54) is 0 Å². The van der Waals surface area contributed by atoms with Gasteiger partial charge in [0.1, 0.15) is 5.60 Å². The van der Waals surface area contributed by atoms with E-state index in [-0.39, 0.29) is 0 Å². The molecule has 0 saturated carbocycles. The molecule has 3 nitrogen and oxygen atoms in total. The van der Waals surface area contributed by atoms with Gasteiger partial charge in [-0.3, -0.25) is 4.89 Å². The van der Waals surface area contributed by atoms with Crippen molar-refractivity contribution < 1.29 is 14.6 Å². The lowest BCUT2D eigenvalue weighted by Gasteiger charge is -2.17. The van der Waals surface area contributed by atoms with Crippen molar-refractivity contribution in [1.82, 2.24) is 0 Å². The Hall–Kier alpha value is -1.35. The number of carbonyl (C=O) groups excluding carboxylic acids is 1. The Balaban J connectivity index is 2.81. The fourth-order valence-corrected chi connectivity index (χ4v) is 1.34. The van der Waals surface area contributed by atoms with Crippen LogP contribution >= 0.6 is 0 Å². The molecular formula is C13H18O3. The maximum absolute atomic E-state index is 11.8. The van der Waals surface area contributed by atoms with Crippen LogP contribution in [0.25, 0.3) is 0 Å². The van der Waals surface area contributed by atoms with Gasteiger partial charge in [0.2, 0.25) is 0 Å². The highest BCUT2D eigenvalue weighted by atomic mass is 17.2. The van der Waals surface area contributed by atoms with E-state index in [1.54, 1.807) is 0 Å². The normalized spacial score (nSPS) is 11.3. The fourth-order valence-electron chi connectivity index (χ4n) is 1.34. The van der Waals surface area contributed by atoms with Crippen molar-refractivity contribution in [3.8, 4) is 0 Å². The predicted molar refractivity (Wildman–Crippen MR) is 62.2 cm³/mol. The zero-order chi connectivity index (χ0) is 12.3. The Morgan fingerprint density at radius 1 is 1.12 bits per heavy atom. The predicted octanol–water partition coefficient (Wildman–Crippen LogP) is 3.19. The molecule has 1 aromatic rings. The number of aryl methyl sites for hydroxylation is 2. The highest BCUT2D eigenvalue weighted by Crippen LogP contribution is 2.16. The Morgan fingerprint density at radius 2 is 1.62 bits per heavy atom. The van der Waals surface area contributed by atoms with Gasteiger partial charge in [-0.1, -0.05) is 18.2 Å². The topological polar surface area (TPSA) is 35.5 Å². The number of hydrogen-bond donors (Lipinski definition) is 0. The SMILES string of the molecule is Cc1cccc(C)c1C(=O)OOC(C)(C)C. The molecule has 0 aromatic heterocycles. The smallest absolute Gasteiger partial charge is 0.292 e. The van der Waals surface area contributed by atoms with Crippen molar-refractivity contribution in [2.45, 2.75) is 40.2 Å². The summed E-state index contributed by atoms with van der Waals surface area (Å²) in [7, 11) is 0. The van der Waals surface area contributed by atoms with E-state index >= 15 is 0 Å². The second kappa shape index (κ2) is 4.66. The summed E-state index contributed by atoms with van der Waals surface area (Å²) in [6, 6.07) is 5.66. The van der Waals surface area contributed by atoms with E-state index in [2.05, 4.69) is 0 Å². The van der Waals surface area contributed by atoms with Gasteiger partial charge in [0.05, 0.1) is 5.56 Å². The summed E-state index contributed by atoms with van der Waals surface area (Å²) in [6.07, 6.45) is 0. The standard InChI is InChI=1S/C13H18O3/c1-9-7-6-8-10(2)11(9)12(14)15-16-13(3,4)5/h6-8H,1-5H3. The average Bonchev–Trinajstić information content (AvgIpc) is 2.13. The van der Waals surface area contributed by atoms with Crippen molar-refractivity contribution in [2.24, 2.45) is 0 Å². The lowest BCUT2D eigenvalue weighted by atomic mass is 10.0. The second-order valence-electron chi connectivity index (χ2n) is 4.83. The number of rotatable bonds is 2. The van der Waals surface area contributed by atoms with Gasteiger partial charge in [-0.05, 0) is 45.7 Å². The summed E-state index contributed by atoms with van der Waals surface area (Å²) in [6.45, 7) is 9.22. The maximum atomic E-state index is 11.8. The Kier molecular flexibility index (Phi) is 3.70. The highest BCUT2D eigenvalue weighted by molar-refractivity contribution is 5.92. The third-order valence-electron chi connectivity index (χ3n) is 2.05. The van der Waals surface area contributed by atoms with Crippen molar-refractivity contribution in [3.05, 3.63) is 34.9 Å². The van der Waals surface area contributed by atoms with Crippen LogP contribution in [0.1, 0.15) is 42.3 Å². The van der Waals surface area contributed by atoms with Crippen LogP contribution in [0, 0.1) is 13.8 Å². The summed E-state index contributed by atoms with van der Waals surface area (Å²) in [5.41, 5.74) is 1.86. The minimum Gasteiger partial charge on any atom is -0.292 e. The molecule has 0 spiro atoms. The van der Waals surface area contributed by atoms with Crippen molar-refractivity contribution in [1.29, 1.82) is 0 Å². The van der Waals surface area contributed by atoms with Crippen LogP contribution in [0.4, 0.5) is 0 Å². The van der Waals surface area contributed by atoms with Crippen LogP contribution in [0.15, 0.2) is 18.2 Å². The third kappa shape index (κ3) is 3.35. The fraction of sp³-hybridized carbons (Fsp3) is 0.462. The molecule has 0 amide bonds. The molecule has 0 aliphatic carbocycles. The Bertz CT molecular complexity index is 368. The maximum Gasteiger partial charge on any atom is 0.373 e. The number of carbonyl (C=O) groups is 1. The van der Waals surface area contributed by atoms with Crippen LogP contribution in [0.5, 0.6) is 0 Å². The van der Waals surface area contributed by atoms with E-state index in [0.717, 1.165) is 11.1 Å². The molecule has 3 heteroatoms. The van der Waals surface area contributed by atoms with Gasteiger partial charge in [-0.2, -0.15) is 4.89 Å². The molecule has 0 aliphatic rings. The molecule has 0 radical (unpaired) electrons. The first kappa shape index (κ1) is 12.7. The first-order valence-electron chi connectivity index (χ1n) is 5.27. The van der Waals surface area contributed by atoms with E-state index in [9.17, 15) is 4.79 Å². The molecule has 0 unspecified atom stereocenters. The third-order valence-corrected chi connectivity index (χ3v) is 2.05. The van der Waals surface area contributed by atoms with Gasteiger partial charge >= 0.3 is 5.97 Å². The van der Waals surface area contributed by atoms with Gasteiger partial charge in [-0.25, -0.2) is 4.79 Å². The van der Waals surface area contributed by atoms with Crippen LogP contribution in [0.3, 0.4) is 0 Å². The highest BCUT2D eigenvalue weighted by Gasteiger charge is 2.19. The molecule has 0 bridgehead atoms. The van der Waals surface area contributed by atoms with Gasteiger partial charge in [-0.15, -0.1) is 0 Å². The molecule has 0 saturated heterocycles. The van der Waals surface area contributed by atoms with Crippen LogP contribution in [0.2, 0.25) is 0 Å². The molecule has 1 rings (SSSR count). The minimum atomic E-state index is -0.494. The Labute approximate surface area is 96.3 Å². The van der Waals surface area contributed by atoms with E-state index < -0.39 is 11.6 Å². The molecule has 0 atom stereocenters. The van der Waals surface area contributed by atoms with Crippen LogP contribution in [-0.2, 0) is 9.78 Å². The number of benzene rings is 1. The first-order valence-corrected chi connectivity index (χ1v) is 5.27. The monoisotopic (exact) mass is 222 g/mol. The van der Waals surface area contributed by atoms with Gasteiger partial charge in [0.15, 0.2) is 0 Å². The van der Waals surface area contributed by atoms with Crippen LogP contribution in [-0.4, -0.2) is 11.6 Å². The van der Waals surface area contributed by atoms with Crippen molar-refractivity contribution in [3.63, 3.8) is 0 Å². The largest absolute Gasteiger partial charge is 0.373 e. The molecule has 1 aromatic carbocycles. The Morgan fingerprint density at radius 3 is 2.06 bits per heavy atom. The second-order valence-corrected chi connectivity index (χ2v) is 4.83. The zero-order valence-electron chi connectivity index (χ0n) is 10.5. The zero-order valence-corrected chi connectivity index (χ0v) is 10.5. The summed E-state index contributed by atoms with van der Waals surface area (Å²) in [5, 5.41) is 0.